The lowest BCUT2D eigenvalue weighted by atomic mass is 10.2. The van der Waals surface area contributed by atoms with Crippen molar-refractivity contribution in [3.05, 3.63) is 66.4 Å². The summed E-state index contributed by atoms with van der Waals surface area (Å²) in [6.45, 7) is -1.72. The standard InChI is InChI=1S/C21H19F2N3O2/c22-21(23)28-19-8-4-3-7-18(19)26-12-11-15(13-26)24-20(27)17-10-9-14-5-1-2-6-16(14)25-17/h1-10,15,21H,11-13H2,(H,24,27)/t15-/m1/s1. The van der Waals surface area contributed by atoms with E-state index in [4.69, 9.17) is 0 Å². The Hall–Kier alpha value is -3.22. The minimum Gasteiger partial charge on any atom is -0.433 e. The Labute approximate surface area is 160 Å². The van der Waals surface area contributed by atoms with Crippen LogP contribution in [-0.4, -0.2) is 36.6 Å². The van der Waals surface area contributed by atoms with E-state index in [1.807, 2.05) is 35.2 Å². The summed E-state index contributed by atoms with van der Waals surface area (Å²) in [5.41, 5.74) is 1.73. The lowest BCUT2D eigenvalue weighted by molar-refractivity contribution is -0.0495. The number of aromatic nitrogens is 1. The van der Waals surface area contributed by atoms with Gasteiger partial charge in [-0.15, -0.1) is 0 Å². The zero-order chi connectivity index (χ0) is 19.5. The van der Waals surface area contributed by atoms with E-state index < -0.39 is 6.61 Å². The molecule has 0 saturated carbocycles. The van der Waals surface area contributed by atoms with Crippen LogP contribution in [0.5, 0.6) is 5.75 Å². The number of anilines is 1. The molecule has 1 amide bonds. The van der Waals surface area contributed by atoms with Gasteiger partial charge in [0.05, 0.1) is 11.2 Å². The molecule has 1 N–H and O–H groups in total. The summed E-state index contributed by atoms with van der Waals surface area (Å²) in [7, 11) is 0. The molecule has 7 heteroatoms. The molecule has 28 heavy (non-hydrogen) atoms. The number of hydrogen-bond acceptors (Lipinski definition) is 4. The number of halogens is 2. The van der Waals surface area contributed by atoms with Crippen molar-refractivity contribution in [3.8, 4) is 5.75 Å². The van der Waals surface area contributed by atoms with Gasteiger partial charge in [0.15, 0.2) is 0 Å². The minimum absolute atomic E-state index is 0.0969. The monoisotopic (exact) mass is 383 g/mol. The van der Waals surface area contributed by atoms with Crippen molar-refractivity contribution < 1.29 is 18.3 Å². The molecular formula is C21H19F2N3O2. The zero-order valence-corrected chi connectivity index (χ0v) is 15.0. The van der Waals surface area contributed by atoms with Crippen molar-refractivity contribution >= 4 is 22.5 Å². The van der Waals surface area contributed by atoms with Gasteiger partial charge < -0.3 is 15.0 Å². The van der Waals surface area contributed by atoms with Crippen LogP contribution in [0.2, 0.25) is 0 Å². The molecule has 0 spiro atoms. The average molecular weight is 383 g/mol. The smallest absolute Gasteiger partial charge is 0.387 e. The van der Waals surface area contributed by atoms with Crippen LogP contribution in [0.1, 0.15) is 16.9 Å². The number of fused-ring (bicyclic) bond motifs is 1. The van der Waals surface area contributed by atoms with E-state index in [1.54, 1.807) is 24.3 Å². The largest absolute Gasteiger partial charge is 0.433 e. The number of ether oxygens (including phenoxy) is 1. The van der Waals surface area contributed by atoms with Crippen LogP contribution in [0, 0.1) is 0 Å². The molecule has 0 radical (unpaired) electrons. The van der Waals surface area contributed by atoms with Gasteiger partial charge in [-0.25, -0.2) is 4.98 Å². The van der Waals surface area contributed by atoms with Crippen molar-refractivity contribution in [3.63, 3.8) is 0 Å². The Bertz CT molecular complexity index is 996. The van der Waals surface area contributed by atoms with E-state index in [-0.39, 0.29) is 17.7 Å². The van der Waals surface area contributed by atoms with Crippen LogP contribution < -0.4 is 15.0 Å². The summed E-state index contributed by atoms with van der Waals surface area (Å²) in [5, 5.41) is 3.96. The van der Waals surface area contributed by atoms with Gasteiger partial charge in [-0.1, -0.05) is 36.4 Å². The molecule has 0 unspecified atom stereocenters. The number of carbonyl (C=O) groups is 1. The minimum atomic E-state index is -2.88. The van der Waals surface area contributed by atoms with Gasteiger partial charge in [-0.05, 0) is 30.7 Å². The number of carbonyl (C=O) groups excluding carboxylic acids is 1. The van der Waals surface area contributed by atoms with Gasteiger partial charge in [-0.3, -0.25) is 4.79 Å². The third kappa shape index (κ3) is 3.88. The van der Waals surface area contributed by atoms with Gasteiger partial charge in [0.2, 0.25) is 0 Å². The summed E-state index contributed by atoms with van der Waals surface area (Å²) < 4.78 is 29.9. The number of amides is 1. The van der Waals surface area contributed by atoms with Crippen LogP contribution >= 0.6 is 0 Å². The Kier molecular flexibility index (Phi) is 5.06. The Balaban J connectivity index is 1.44. The second-order valence-electron chi connectivity index (χ2n) is 6.64. The van der Waals surface area contributed by atoms with Gasteiger partial charge in [0.25, 0.3) is 5.91 Å². The molecule has 1 fully saturated rings. The Morgan fingerprint density at radius 2 is 1.89 bits per heavy atom. The maximum absolute atomic E-state index is 12.6. The van der Waals surface area contributed by atoms with E-state index in [0.717, 1.165) is 10.9 Å². The third-order valence-electron chi connectivity index (χ3n) is 4.78. The van der Waals surface area contributed by atoms with Gasteiger partial charge >= 0.3 is 6.61 Å². The van der Waals surface area contributed by atoms with Crippen LogP contribution in [0.25, 0.3) is 10.9 Å². The molecule has 1 aliphatic rings. The van der Waals surface area contributed by atoms with E-state index in [0.29, 0.717) is 30.9 Å². The fraction of sp³-hybridized carbons (Fsp3) is 0.238. The zero-order valence-electron chi connectivity index (χ0n) is 15.0. The summed E-state index contributed by atoms with van der Waals surface area (Å²) >= 11 is 0. The number of nitrogens with one attached hydrogen (secondary N) is 1. The normalized spacial score (nSPS) is 16.5. The highest BCUT2D eigenvalue weighted by Gasteiger charge is 2.27. The van der Waals surface area contributed by atoms with Gasteiger partial charge in [0, 0.05) is 24.5 Å². The molecule has 2 aromatic carbocycles. The number of benzene rings is 2. The van der Waals surface area contributed by atoms with Crippen LogP contribution in [0.3, 0.4) is 0 Å². The van der Waals surface area contributed by atoms with Crippen molar-refractivity contribution in [2.24, 2.45) is 0 Å². The highest BCUT2D eigenvalue weighted by molar-refractivity contribution is 5.95. The summed E-state index contributed by atoms with van der Waals surface area (Å²) in [4.78, 5) is 18.9. The van der Waals surface area contributed by atoms with Crippen molar-refractivity contribution in [2.75, 3.05) is 18.0 Å². The Morgan fingerprint density at radius 3 is 2.75 bits per heavy atom. The average Bonchev–Trinajstić information content (AvgIpc) is 3.15. The first-order valence-electron chi connectivity index (χ1n) is 9.05. The second kappa shape index (κ2) is 7.80. The fourth-order valence-corrected chi connectivity index (χ4v) is 3.46. The van der Waals surface area contributed by atoms with E-state index in [2.05, 4.69) is 15.0 Å². The highest BCUT2D eigenvalue weighted by Crippen LogP contribution is 2.31. The van der Waals surface area contributed by atoms with Crippen molar-refractivity contribution in [1.29, 1.82) is 0 Å². The number of para-hydroxylation sites is 3. The van der Waals surface area contributed by atoms with Crippen molar-refractivity contribution in [1.82, 2.24) is 10.3 Å². The molecule has 5 nitrogen and oxygen atoms in total. The first-order valence-corrected chi connectivity index (χ1v) is 9.05. The van der Waals surface area contributed by atoms with Gasteiger partial charge in [-0.2, -0.15) is 8.78 Å². The predicted octanol–water partition coefficient (Wildman–Crippen LogP) is 3.84. The number of hydrogen-bond donors (Lipinski definition) is 1. The molecule has 1 atom stereocenters. The lowest BCUT2D eigenvalue weighted by Crippen LogP contribution is -2.37. The van der Waals surface area contributed by atoms with E-state index in [9.17, 15) is 13.6 Å². The highest BCUT2D eigenvalue weighted by atomic mass is 19.3. The van der Waals surface area contributed by atoms with E-state index >= 15 is 0 Å². The maximum atomic E-state index is 12.6. The van der Waals surface area contributed by atoms with E-state index in [1.165, 1.54) is 6.07 Å². The first-order chi connectivity index (χ1) is 13.6. The quantitative estimate of drug-likeness (QED) is 0.727. The molecule has 1 aliphatic heterocycles. The molecule has 4 rings (SSSR count). The first kappa shape index (κ1) is 18.2. The molecule has 3 aromatic rings. The second-order valence-corrected chi connectivity index (χ2v) is 6.64. The SMILES string of the molecule is O=C(N[C@@H]1CCN(c2ccccc2OC(F)F)C1)c1ccc2ccccc2n1. The molecule has 1 saturated heterocycles. The topological polar surface area (TPSA) is 54.5 Å². The maximum Gasteiger partial charge on any atom is 0.387 e. The molecule has 0 aliphatic carbocycles. The summed E-state index contributed by atoms with van der Waals surface area (Å²) in [6, 6.07) is 17.8. The van der Waals surface area contributed by atoms with Crippen LogP contribution in [0.4, 0.5) is 14.5 Å². The molecule has 0 bridgehead atoms. The Morgan fingerprint density at radius 1 is 1.11 bits per heavy atom. The van der Waals surface area contributed by atoms with Crippen LogP contribution in [0.15, 0.2) is 60.7 Å². The molecule has 2 heterocycles. The fourth-order valence-electron chi connectivity index (χ4n) is 3.46. The third-order valence-corrected chi connectivity index (χ3v) is 4.78. The molecule has 144 valence electrons. The van der Waals surface area contributed by atoms with Gasteiger partial charge in [0.1, 0.15) is 11.4 Å². The number of nitrogens with zero attached hydrogens (tertiary/aromatic N) is 2. The molecular weight excluding hydrogens is 364 g/mol. The predicted molar refractivity (Wildman–Crippen MR) is 103 cm³/mol. The van der Waals surface area contributed by atoms with Crippen LogP contribution in [-0.2, 0) is 0 Å². The lowest BCUT2D eigenvalue weighted by Gasteiger charge is -2.22. The number of pyridine rings is 1. The molecule has 1 aromatic heterocycles. The van der Waals surface area contributed by atoms with Crippen molar-refractivity contribution in [2.45, 2.75) is 19.1 Å². The number of rotatable bonds is 5. The summed E-state index contributed by atoms with van der Waals surface area (Å²) in [5.74, 6) is -0.101. The number of alkyl halides is 2. The summed E-state index contributed by atoms with van der Waals surface area (Å²) in [6.07, 6.45) is 0.711.